The van der Waals surface area contributed by atoms with E-state index in [1.165, 1.54) is 0 Å². The zero-order valence-corrected chi connectivity index (χ0v) is 9.80. The van der Waals surface area contributed by atoms with Gasteiger partial charge in [-0.15, -0.1) is 0 Å². The zero-order valence-electron chi connectivity index (χ0n) is 9.80. The Hall–Kier alpha value is -3.00. The van der Waals surface area contributed by atoms with E-state index in [2.05, 4.69) is 0 Å². The van der Waals surface area contributed by atoms with Crippen molar-refractivity contribution in [2.75, 3.05) is 26.4 Å². The molecule has 1 fully saturated rings. The van der Waals surface area contributed by atoms with Gasteiger partial charge in [-0.2, -0.15) is 0 Å². The van der Waals surface area contributed by atoms with Gasteiger partial charge in [0.2, 0.25) is 13.3 Å². The molecule has 1 saturated heterocycles. The van der Waals surface area contributed by atoms with Crippen LogP contribution >= 0.6 is 0 Å². The van der Waals surface area contributed by atoms with E-state index in [-0.39, 0.29) is 15.0 Å². The minimum absolute atomic E-state index is 0.224. The van der Waals surface area contributed by atoms with Crippen molar-refractivity contribution < 1.29 is 20.0 Å². The van der Waals surface area contributed by atoms with Crippen LogP contribution in [0.1, 0.15) is 0 Å². The van der Waals surface area contributed by atoms with Gasteiger partial charge < -0.3 is 0 Å². The Kier molecular flexibility index (Phi) is 4.34. The Labute approximate surface area is 109 Å². The lowest BCUT2D eigenvalue weighted by Gasteiger charge is -2.26. The molecule has 1 aliphatic rings. The van der Waals surface area contributed by atoms with E-state index in [9.17, 15) is 40.5 Å². The van der Waals surface area contributed by atoms with Crippen LogP contribution in [-0.4, -0.2) is 67.5 Å². The summed E-state index contributed by atoms with van der Waals surface area (Å²) >= 11 is 0. The molecule has 112 valence electrons. The first-order valence-corrected chi connectivity index (χ1v) is 5.03. The summed E-state index contributed by atoms with van der Waals surface area (Å²) in [5.41, 5.74) is 0. The van der Waals surface area contributed by atoms with Gasteiger partial charge >= 0.3 is 0 Å². The van der Waals surface area contributed by atoms with Crippen molar-refractivity contribution in [3.05, 3.63) is 40.5 Å². The first-order valence-electron chi connectivity index (χ1n) is 5.03. The van der Waals surface area contributed by atoms with Crippen LogP contribution in [0.3, 0.4) is 0 Å². The third kappa shape index (κ3) is 3.50. The number of hydrazine groups is 3. The van der Waals surface area contributed by atoms with Crippen molar-refractivity contribution in [3.63, 3.8) is 0 Å². The predicted octanol–water partition coefficient (Wildman–Crippen LogP) is -1.96. The Balaban J connectivity index is 3.02. The van der Waals surface area contributed by atoms with E-state index >= 15 is 0 Å². The van der Waals surface area contributed by atoms with E-state index < -0.39 is 52.5 Å². The molecule has 0 radical (unpaired) electrons. The summed E-state index contributed by atoms with van der Waals surface area (Å²) in [6, 6.07) is -1.61. The molecule has 0 spiro atoms. The maximum atomic E-state index is 10.7. The zero-order chi connectivity index (χ0) is 15.4. The smallest absolute Gasteiger partial charge is 0.259 e. The second kappa shape index (κ2) is 5.76. The number of hydrogen-bond donors (Lipinski definition) is 0. The van der Waals surface area contributed by atoms with Crippen molar-refractivity contribution in [3.8, 4) is 0 Å². The lowest BCUT2D eigenvalue weighted by Crippen LogP contribution is -2.58. The number of rotatable bonds is 4. The first-order chi connectivity index (χ1) is 9.22. The second-order valence-electron chi connectivity index (χ2n) is 3.82. The van der Waals surface area contributed by atoms with Crippen molar-refractivity contribution in [1.82, 2.24) is 15.0 Å². The number of nitrogens with zero attached hydrogens (tertiary/aromatic N) is 7. The van der Waals surface area contributed by atoms with Gasteiger partial charge in [-0.05, 0) is 0 Å². The highest BCUT2D eigenvalue weighted by molar-refractivity contribution is 4.65. The van der Waals surface area contributed by atoms with Crippen molar-refractivity contribution in [1.29, 1.82) is 0 Å². The van der Waals surface area contributed by atoms with Crippen LogP contribution in [0.4, 0.5) is 0 Å². The molecule has 20 heavy (non-hydrogen) atoms. The van der Waals surface area contributed by atoms with E-state index in [0.29, 0.717) is 0 Å². The van der Waals surface area contributed by atoms with Gasteiger partial charge in [0.15, 0.2) is 28.2 Å². The van der Waals surface area contributed by atoms with Crippen LogP contribution in [0, 0.1) is 40.5 Å². The van der Waals surface area contributed by atoms with Crippen LogP contribution in [-0.2, 0) is 0 Å². The normalized spacial score (nSPS) is 17.3. The standard InChI is InChI=1S/C5H9N7O8/c13-9(14)5-1-6(10(15)16)3-8(12(19)20)4-7(2-5)11(17)18/h5H,1-4H2. The van der Waals surface area contributed by atoms with Gasteiger partial charge in [0, 0.05) is 4.92 Å². The minimum Gasteiger partial charge on any atom is -0.264 e. The molecule has 0 atom stereocenters. The third-order valence-corrected chi connectivity index (χ3v) is 2.49. The molecule has 0 aliphatic carbocycles. The van der Waals surface area contributed by atoms with Crippen LogP contribution in [0.15, 0.2) is 0 Å². The molecule has 0 unspecified atom stereocenters. The summed E-state index contributed by atoms with van der Waals surface area (Å²) in [6.45, 7) is -3.38. The maximum Gasteiger partial charge on any atom is 0.259 e. The van der Waals surface area contributed by atoms with Gasteiger partial charge in [-0.1, -0.05) is 15.0 Å². The minimum atomic E-state index is -1.61. The monoisotopic (exact) mass is 295 g/mol. The molecular weight excluding hydrogens is 286 g/mol. The average Bonchev–Trinajstić information content (AvgIpc) is 2.26. The Morgan fingerprint density at radius 3 is 1.30 bits per heavy atom. The maximum absolute atomic E-state index is 10.7. The molecule has 0 bridgehead atoms. The molecule has 1 aliphatic heterocycles. The molecule has 0 aromatic heterocycles. The van der Waals surface area contributed by atoms with Gasteiger partial charge in [0.25, 0.3) is 6.04 Å². The lowest BCUT2D eigenvalue weighted by molar-refractivity contribution is -0.748. The van der Waals surface area contributed by atoms with Crippen LogP contribution in [0.2, 0.25) is 0 Å². The molecule has 15 heteroatoms. The molecule has 0 aromatic carbocycles. The third-order valence-electron chi connectivity index (χ3n) is 2.49. The fraction of sp³-hybridized carbons (Fsp3) is 1.00. The highest BCUT2D eigenvalue weighted by atomic mass is 16.7. The van der Waals surface area contributed by atoms with Crippen molar-refractivity contribution in [2.24, 2.45) is 0 Å². The predicted molar refractivity (Wildman–Crippen MR) is 56.8 cm³/mol. The highest BCUT2D eigenvalue weighted by Gasteiger charge is 2.41. The summed E-state index contributed by atoms with van der Waals surface area (Å²) < 4.78 is 0. The lowest BCUT2D eigenvalue weighted by atomic mass is 10.3. The summed E-state index contributed by atoms with van der Waals surface area (Å²) in [5.74, 6) is 0. The van der Waals surface area contributed by atoms with E-state index in [1.54, 1.807) is 0 Å². The average molecular weight is 295 g/mol. The van der Waals surface area contributed by atoms with Gasteiger partial charge in [0.05, 0.1) is 0 Å². The molecule has 15 nitrogen and oxygen atoms in total. The largest absolute Gasteiger partial charge is 0.264 e. The fourth-order valence-electron chi connectivity index (χ4n) is 1.55. The topological polar surface area (TPSA) is 182 Å². The van der Waals surface area contributed by atoms with Crippen molar-refractivity contribution >= 4 is 0 Å². The molecule has 1 heterocycles. The summed E-state index contributed by atoms with van der Waals surface area (Å²) in [6.07, 6.45) is 0. The Morgan fingerprint density at radius 1 is 0.700 bits per heavy atom. The summed E-state index contributed by atoms with van der Waals surface area (Å²) in [5, 5.41) is 40.5. The van der Waals surface area contributed by atoms with E-state index in [4.69, 9.17) is 0 Å². The quantitative estimate of drug-likeness (QED) is 0.414. The van der Waals surface area contributed by atoms with Crippen LogP contribution in [0.5, 0.6) is 0 Å². The van der Waals surface area contributed by atoms with Crippen molar-refractivity contribution in [2.45, 2.75) is 6.04 Å². The van der Waals surface area contributed by atoms with Gasteiger partial charge in [-0.3, -0.25) is 10.1 Å². The Morgan fingerprint density at radius 2 is 1.05 bits per heavy atom. The highest BCUT2D eigenvalue weighted by Crippen LogP contribution is 2.08. The van der Waals surface area contributed by atoms with E-state index in [1.807, 2.05) is 0 Å². The molecular formula is C5H9N7O8. The molecule has 1 rings (SSSR count). The second-order valence-corrected chi connectivity index (χ2v) is 3.82. The van der Waals surface area contributed by atoms with Gasteiger partial charge in [-0.25, -0.2) is 30.3 Å². The van der Waals surface area contributed by atoms with Crippen LogP contribution < -0.4 is 0 Å². The SMILES string of the molecule is O=[N+]([O-])C1CN([N+](=O)[O-])CN([N+](=O)[O-])CN([N+](=O)[O-])C1. The van der Waals surface area contributed by atoms with Crippen LogP contribution in [0.25, 0.3) is 0 Å². The number of hydrogen-bond acceptors (Lipinski definition) is 8. The number of nitro groups is 4. The Bertz CT molecular complexity index is 353. The summed E-state index contributed by atoms with van der Waals surface area (Å²) in [4.78, 5) is 41.9. The molecule has 0 amide bonds. The fourth-order valence-corrected chi connectivity index (χ4v) is 1.55. The molecule has 0 N–H and O–H groups in total. The summed E-state index contributed by atoms with van der Waals surface area (Å²) in [7, 11) is 0. The van der Waals surface area contributed by atoms with E-state index in [0.717, 1.165) is 0 Å². The first kappa shape index (κ1) is 15.1. The molecule has 0 aromatic rings. The van der Waals surface area contributed by atoms with Gasteiger partial charge in [0.1, 0.15) is 0 Å². The molecule has 0 saturated carbocycles.